The van der Waals surface area contributed by atoms with E-state index in [1.165, 1.54) is 7.11 Å². The van der Waals surface area contributed by atoms with Crippen molar-refractivity contribution in [1.82, 2.24) is 4.72 Å². The van der Waals surface area contributed by atoms with E-state index in [9.17, 15) is 21.6 Å². The minimum atomic E-state index is -4.63. The minimum Gasteiger partial charge on any atom is -0.375 e. The molecule has 0 aliphatic rings. The van der Waals surface area contributed by atoms with Crippen molar-refractivity contribution in [3.63, 3.8) is 0 Å². The lowest BCUT2D eigenvalue weighted by Crippen LogP contribution is -2.29. The van der Waals surface area contributed by atoms with Gasteiger partial charge in [-0.25, -0.2) is 13.1 Å². The summed E-state index contributed by atoms with van der Waals surface area (Å²) in [5, 5.41) is 0.396. The third-order valence-electron chi connectivity index (χ3n) is 3.47. The van der Waals surface area contributed by atoms with Crippen LogP contribution < -0.4 is 4.72 Å². The summed E-state index contributed by atoms with van der Waals surface area (Å²) in [6, 6.07) is 10.3. The number of hydrogen-bond acceptors (Lipinski definition) is 3. The van der Waals surface area contributed by atoms with Gasteiger partial charge in [-0.05, 0) is 24.3 Å². The lowest BCUT2D eigenvalue weighted by molar-refractivity contribution is -0.137. The molecular formula is C16H15ClF3NO3S. The lowest BCUT2D eigenvalue weighted by atomic mass is 10.1. The molecular weight excluding hydrogens is 379 g/mol. The van der Waals surface area contributed by atoms with Crippen molar-refractivity contribution in [2.75, 3.05) is 13.7 Å². The Bertz CT molecular complexity index is 841. The van der Waals surface area contributed by atoms with E-state index in [1.54, 1.807) is 24.3 Å². The minimum absolute atomic E-state index is 0.182. The third-order valence-corrected chi connectivity index (χ3v) is 5.23. The quantitative estimate of drug-likeness (QED) is 0.806. The molecule has 0 heterocycles. The van der Waals surface area contributed by atoms with Crippen LogP contribution in [0.25, 0.3) is 0 Å². The summed E-state index contributed by atoms with van der Waals surface area (Å²) in [6.07, 6.45) is -5.31. The number of nitrogens with one attached hydrogen (secondary N) is 1. The third kappa shape index (κ3) is 4.94. The molecule has 0 bridgehead atoms. The summed E-state index contributed by atoms with van der Waals surface area (Å²) in [5.74, 6) is 0. The second-order valence-corrected chi connectivity index (χ2v) is 7.30. The van der Waals surface area contributed by atoms with E-state index in [0.29, 0.717) is 16.7 Å². The highest BCUT2D eigenvalue weighted by molar-refractivity contribution is 7.89. The van der Waals surface area contributed by atoms with Gasteiger partial charge in [0.05, 0.1) is 16.6 Å². The van der Waals surface area contributed by atoms with Crippen LogP contribution in [-0.4, -0.2) is 22.1 Å². The molecule has 0 saturated carbocycles. The Labute approximate surface area is 148 Å². The average Bonchev–Trinajstić information content (AvgIpc) is 2.56. The molecule has 2 aromatic rings. The van der Waals surface area contributed by atoms with Gasteiger partial charge in [0.25, 0.3) is 0 Å². The molecule has 136 valence electrons. The number of rotatable bonds is 6. The molecule has 4 nitrogen and oxygen atoms in total. The highest BCUT2D eigenvalue weighted by Gasteiger charge is 2.31. The number of ether oxygens (including phenoxy) is 1. The smallest absolute Gasteiger partial charge is 0.375 e. The molecule has 1 unspecified atom stereocenters. The van der Waals surface area contributed by atoms with Gasteiger partial charge >= 0.3 is 6.18 Å². The van der Waals surface area contributed by atoms with Gasteiger partial charge in [-0.3, -0.25) is 0 Å². The second kappa shape index (κ2) is 7.74. The first-order chi connectivity index (χ1) is 11.6. The van der Waals surface area contributed by atoms with Crippen molar-refractivity contribution in [3.8, 4) is 0 Å². The summed E-state index contributed by atoms with van der Waals surface area (Å²) in [4.78, 5) is -0.476. The fraction of sp³-hybridized carbons (Fsp3) is 0.250. The van der Waals surface area contributed by atoms with Crippen LogP contribution in [0, 0.1) is 0 Å². The van der Waals surface area contributed by atoms with Gasteiger partial charge in [0.2, 0.25) is 10.0 Å². The Balaban J connectivity index is 2.20. The van der Waals surface area contributed by atoms with Crippen LogP contribution in [0.15, 0.2) is 53.4 Å². The van der Waals surface area contributed by atoms with Gasteiger partial charge in [0.15, 0.2) is 0 Å². The van der Waals surface area contributed by atoms with Crippen molar-refractivity contribution >= 4 is 21.6 Å². The van der Waals surface area contributed by atoms with Crippen LogP contribution in [0.4, 0.5) is 13.2 Å². The zero-order valence-electron chi connectivity index (χ0n) is 13.0. The molecule has 0 fully saturated rings. The highest BCUT2D eigenvalue weighted by atomic mass is 35.5. The fourth-order valence-corrected chi connectivity index (χ4v) is 3.50. The standard InChI is InChI=1S/C16H15ClF3NO3S/c1-24-15(13-7-2-3-8-14(13)17)10-21-25(22,23)12-6-4-5-11(9-12)16(18,19)20/h2-9,15,21H,10H2,1H3. The normalized spacial score (nSPS) is 13.6. The van der Waals surface area contributed by atoms with E-state index in [2.05, 4.69) is 4.72 Å². The fourth-order valence-electron chi connectivity index (χ4n) is 2.16. The Morgan fingerprint density at radius 1 is 1.16 bits per heavy atom. The lowest BCUT2D eigenvalue weighted by Gasteiger charge is -2.18. The first-order valence-electron chi connectivity index (χ1n) is 7.09. The second-order valence-electron chi connectivity index (χ2n) is 5.12. The van der Waals surface area contributed by atoms with Crippen LogP contribution >= 0.6 is 11.6 Å². The molecule has 0 aromatic heterocycles. The van der Waals surface area contributed by atoms with Gasteiger partial charge in [0, 0.05) is 24.2 Å². The molecule has 0 aliphatic heterocycles. The number of alkyl halides is 3. The van der Waals surface area contributed by atoms with Crippen LogP contribution in [0.1, 0.15) is 17.2 Å². The molecule has 0 spiro atoms. The Kier molecular flexibility index (Phi) is 6.10. The Morgan fingerprint density at radius 2 is 1.84 bits per heavy atom. The van der Waals surface area contributed by atoms with E-state index < -0.39 is 32.8 Å². The van der Waals surface area contributed by atoms with Gasteiger partial charge in [-0.2, -0.15) is 13.2 Å². The number of benzene rings is 2. The van der Waals surface area contributed by atoms with E-state index in [0.717, 1.165) is 18.2 Å². The SMILES string of the molecule is COC(CNS(=O)(=O)c1cccc(C(F)(F)F)c1)c1ccccc1Cl. The summed E-state index contributed by atoms with van der Waals surface area (Å²) < 4.78 is 70.3. The van der Waals surface area contributed by atoms with Crippen molar-refractivity contribution < 1.29 is 26.3 Å². The highest BCUT2D eigenvalue weighted by Crippen LogP contribution is 2.30. The van der Waals surface area contributed by atoms with Crippen LogP contribution in [0.2, 0.25) is 5.02 Å². The van der Waals surface area contributed by atoms with E-state index in [1.807, 2.05) is 0 Å². The van der Waals surface area contributed by atoms with Gasteiger partial charge < -0.3 is 4.74 Å². The van der Waals surface area contributed by atoms with E-state index in [-0.39, 0.29) is 6.54 Å². The first-order valence-corrected chi connectivity index (χ1v) is 8.95. The van der Waals surface area contributed by atoms with Crippen molar-refractivity contribution in [2.45, 2.75) is 17.2 Å². The van der Waals surface area contributed by atoms with E-state index in [4.69, 9.17) is 16.3 Å². The van der Waals surface area contributed by atoms with Gasteiger partial charge in [-0.15, -0.1) is 0 Å². The van der Waals surface area contributed by atoms with Crippen molar-refractivity contribution in [1.29, 1.82) is 0 Å². The maximum Gasteiger partial charge on any atom is 0.416 e. The van der Waals surface area contributed by atoms with Crippen LogP contribution in [0.3, 0.4) is 0 Å². The van der Waals surface area contributed by atoms with Crippen molar-refractivity contribution in [2.24, 2.45) is 0 Å². The molecule has 1 N–H and O–H groups in total. The van der Waals surface area contributed by atoms with Gasteiger partial charge in [-0.1, -0.05) is 35.9 Å². The zero-order chi connectivity index (χ0) is 18.7. The average molecular weight is 394 g/mol. The number of hydrogen-bond donors (Lipinski definition) is 1. The molecule has 0 aliphatic carbocycles. The van der Waals surface area contributed by atoms with Crippen molar-refractivity contribution in [3.05, 3.63) is 64.7 Å². The first kappa shape index (κ1) is 19.7. The number of halogens is 4. The molecule has 1 atom stereocenters. The summed E-state index contributed by atoms with van der Waals surface area (Å²) >= 11 is 6.05. The van der Waals surface area contributed by atoms with E-state index >= 15 is 0 Å². The molecule has 0 saturated heterocycles. The maximum absolute atomic E-state index is 12.7. The van der Waals surface area contributed by atoms with Crippen LogP contribution in [0.5, 0.6) is 0 Å². The maximum atomic E-state index is 12.7. The monoisotopic (exact) mass is 393 g/mol. The number of methoxy groups -OCH3 is 1. The topological polar surface area (TPSA) is 55.4 Å². The molecule has 0 amide bonds. The predicted octanol–water partition coefficient (Wildman–Crippen LogP) is 4.02. The number of sulfonamides is 1. The largest absolute Gasteiger partial charge is 0.416 e. The molecule has 2 aromatic carbocycles. The van der Waals surface area contributed by atoms with Crippen LogP contribution in [-0.2, 0) is 20.9 Å². The molecule has 25 heavy (non-hydrogen) atoms. The molecule has 0 radical (unpaired) electrons. The summed E-state index contributed by atoms with van der Waals surface area (Å²) in [5.41, 5.74) is -0.469. The predicted molar refractivity (Wildman–Crippen MR) is 87.8 cm³/mol. The molecule has 2 rings (SSSR count). The summed E-state index contributed by atoms with van der Waals surface area (Å²) in [7, 11) is -2.76. The summed E-state index contributed by atoms with van der Waals surface area (Å²) in [6.45, 7) is -0.182. The Morgan fingerprint density at radius 3 is 2.44 bits per heavy atom. The zero-order valence-corrected chi connectivity index (χ0v) is 14.6. The Hall–Kier alpha value is -1.61. The van der Waals surface area contributed by atoms with Gasteiger partial charge in [0.1, 0.15) is 0 Å². The molecule has 9 heteroatoms.